The summed E-state index contributed by atoms with van der Waals surface area (Å²) in [4.78, 5) is 12.3. The number of hydrogen-bond acceptors (Lipinski definition) is 3. The number of nitrogens with one attached hydrogen (secondary N) is 1. The lowest BCUT2D eigenvalue weighted by atomic mass is 10.1. The molecule has 4 heteroatoms. The van der Waals surface area contributed by atoms with Gasteiger partial charge in [0.15, 0.2) is 0 Å². The summed E-state index contributed by atoms with van der Waals surface area (Å²) in [7, 11) is 0. The van der Waals surface area contributed by atoms with Crippen LogP contribution in [0.3, 0.4) is 0 Å². The minimum atomic E-state index is -0.292. The molecule has 1 heterocycles. The van der Waals surface area contributed by atoms with E-state index in [1.807, 2.05) is 24.3 Å². The number of primary amides is 1. The second-order valence-corrected chi connectivity index (χ2v) is 6.29. The predicted octanol–water partition coefficient (Wildman–Crippen LogP) is 3.34. The van der Waals surface area contributed by atoms with E-state index in [2.05, 4.69) is 22.8 Å². The number of carbonyl (C=O) groups excluding carboxylic acids is 1. The number of thiophene rings is 1. The van der Waals surface area contributed by atoms with Crippen LogP contribution in [-0.2, 0) is 11.2 Å². The average molecular weight is 286 g/mol. The molecule has 0 spiro atoms. The first-order chi connectivity index (χ1) is 9.72. The Morgan fingerprint density at radius 1 is 1.30 bits per heavy atom. The van der Waals surface area contributed by atoms with E-state index in [0.29, 0.717) is 12.5 Å². The van der Waals surface area contributed by atoms with Gasteiger partial charge in [0.2, 0.25) is 5.91 Å². The topological polar surface area (TPSA) is 55.1 Å². The van der Waals surface area contributed by atoms with E-state index in [9.17, 15) is 4.79 Å². The zero-order valence-electron chi connectivity index (χ0n) is 11.2. The van der Waals surface area contributed by atoms with Crippen molar-refractivity contribution in [2.75, 3.05) is 5.32 Å². The molecule has 0 radical (unpaired) electrons. The first kappa shape index (κ1) is 13.2. The van der Waals surface area contributed by atoms with Crippen molar-refractivity contribution in [1.29, 1.82) is 0 Å². The molecular weight excluding hydrogens is 268 g/mol. The van der Waals surface area contributed by atoms with Crippen molar-refractivity contribution in [3.05, 3.63) is 52.2 Å². The van der Waals surface area contributed by atoms with Crippen LogP contribution in [0.15, 0.2) is 41.8 Å². The Balaban J connectivity index is 1.71. The monoisotopic (exact) mass is 286 g/mol. The van der Waals surface area contributed by atoms with Crippen LogP contribution in [0.5, 0.6) is 0 Å². The fraction of sp³-hybridized carbons (Fsp3) is 0.312. The SMILES string of the molecule is NC(=O)Cc1ccc(NC(c2cccs2)C2CC2)cc1. The first-order valence-electron chi connectivity index (χ1n) is 6.89. The van der Waals surface area contributed by atoms with Gasteiger partial charge in [-0.05, 0) is 47.9 Å². The Morgan fingerprint density at radius 3 is 2.60 bits per heavy atom. The predicted molar refractivity (Wildman–Crippen MR) is 82.7 cm³/mol. The molecule has 3 N–H and O–H groups in total. The van der Waals surface area contributed by atoms with Crippen LogP contribution in [0.25, 0.3) is 0 Å². The largest absolute Gasteiger partial charge is 0.377 e. The average Bonchev–Trinajstić information content (AvgIpc) is 3.12. The molecule has 1 aliphatic carbocycles. The van der Waals surface area contributed by atoms with Gasteiger partial charge in [-0.2, -0.15) is 0 Å². The molecule has 104 valence electrons. The highest BCUT2D eigenvalue weighted by Crippen LogP contribution is 2.44. The van der Waals surface area contributed by atoms with E-state index in [1.165, 1.54) is 17.7 Å². The van der Waals surface area contributed by atoms with Crippen molar-refractivity contribution >= 4 is 22.9 Å². The van der Waals surface area contributed by atoms with E-state index in [4.69, 9.17) is 5.73 Å². The Bertz CT molecular complexity index is 573. The highest BCUT2D eigenvalue weighted by molar-refractivity contribution is 7.10. The zero-order valence-corrected chi connectivity index (χ0v) is 12.0. The third-order valence-corrected chi connectivity index (χ3v) is 4.55. The Hall–Kier alpha value is -1.81. The van der Waals surface area contributed by atoms with Gasteiger partial charge in [-0.1, -0.05) is 18.2 Å². The van der Waals surface area contributed by atoms with Gasteiger partial charge < -0.3 is 11.1 Å². The Morgan fingerprint density at radius 2 is 2.05 bits per heavy atom. The second-order valence-electron chi connectivity index (χ2n) is 5.31. The van der Waals surface area contributed by atoms with Crippen LogP contribution in [0.1, 0.15) is 29.3 Å². The molecule has 0 bridgehead atoms. The van der Waals surface area contributed by atoms with Crippen molar-refractivity contribution in [3.8, 4) is 0 Å². The van der Waals surface area contributed by atoms with Crippen LogP contribution < -0.4 is 11.1 Å². The third-order valence-electron chi connectivity index (χ3n) is 3.60. The first-order valence-corrected chi connectivity index (χ1v) is 7.77. The van der Waals surface area contributed by atoms with Gasteiger partial charge in [0.25, 0.3) is 0 Å². The molecule has 1 atom stereocenters. The number of amides is 1. The molecule has 0 aliphatic heterocycles. The van der Waals surface area contributed by atoms with Crippen LogP contribution in [-0.4, -0.2) is 5.91 Å². The molecule has 1 unspecified atom stereocenters. The van der Waals surface area contributed by atoms with Crippen molar-refractivity contribution in [2.24, 2.45) is 11.7 Å². The highest BCUT2D eigenvalue weighted by atomic mass is 32.1. The minimum Gasteiger partial charge on any atom is -0.377 e. The van der Waals surface area contributed by atoms with Gasteiger partial charge in [-0.15, -0.1) is 11.3 Å². The number of hydrogen-bond donors (Lipinski definition) is 2. The maximum Gasteiger partial charge on any atom is 0.221 e. The molecule has 3 nitrogen and oxygen atoms in total. The molecule has 3 rings (SSSR count). The molecular formula is C16H18N2OS. The summed E-state index contributed by atoms with van der Waals surface area (Å²) in [5, 5.41) is 5.75. The lowest BCUT2D eigenvalue weighted by Gasteiger charge is -2.18. The minimum absolute atomic E-state index is 0.292. The number of rotatable bonds is 6. The van der Waals surface area contributed by atoms with Crippen molar-refractivity contribution in [1.82, 2.24) is 0 Å². The van der Waals surface area contributed by atoms with Gasteiger partial charge in [0.1, 0.15) is 0 Å². The summed E-state index contributed by atoms with van der Waals surface area (Å²) in [6.45, 7) is 0. The van der Waals surface area contributed by atoms with Crippen LogP contribution in [0.4, 0.5) is 5.69 Å². The van der Waals surface area contributed by atoms with Gasteiger partial charge >= 0.3 is 0 Å². The van der Waals surface area contributed by atoms with E-state index in [-0.39, 0.29) is 5.91 Å². The lowest BCUT2D eigenvalue weighted by Crippen LogP contribution is -2.14. The van der Waals surface area contributed by atoms with Gasteiger partial charge in [0.05, 0.1) is 12.5 Å². The summed E-state index contributed by atoms with van der Waals surface area (Å²) >= 11 is 1.81. The molecule has 2 aromatic rings. The summed E-state index contributed by atoms with van der Waals surface area (Å²) in [6, 6.07) is 12.7. The second kappa shape index (κ2) is 5.67. The molecule has 1 aromatic carbocycles. The standard InChI is InChI=1S/C16H18N2OS/c17-15(19)10-11-3-7-13(8-4-11)18-16(12-5-6-12)14-2-1-9-20-14/h1-4,7-9,12,16,18H,5-6,10H2,(H2,17,19). The highest BCUT2D eigenvalue weighted by Gasteiger charge is 2.32. The molecule has 0 saturated heterocycles. The molecule has 20 heavy (non-hydrogen) atoms. The van der Waals surface area contributed by atoms with E-state index in [0.717, 1.165) is 17.2 Å². The molecule has 1 fully saturated rings. The van der Waals surface area contributed by atoms with Crippen LogP contribution in [0.2, 0.25) is 0 Å². The lowest BCUT2D eigenvalue weighted by molar-refractivity contribution is -0.117. The zero-order chi connectivity index (χ0) is 13.9. The quantitative estimate of drug-likeness (QED) is 0.855. The number of anilines is 1. The van der Waals surface area contributed by atoms with E-state index < -0.39 is 0 Å². The molecule has 1 aromatic heterocycles. The van der Waals surface area contributed by atoms with Gasteiger partial charge in [0, 0.05) is 10.6 Å². The normalized spacial score (nSPS) is 15.8. The van der Waals surface area contributed by atoms with Crippen LogP contribution in [0, 0.1) is 5.92 Å². The third kappa shape index (κ3) is 3.20. The van der Waals surface area contributed by atoms with Crippen LogP contribution >= 0.6 is 11.3 Å². The molecule has 1 aliphatic rings. The van der Waals surface area contributed by atoms with E-state index >= 15 is 0 Å². The van der Waals surface area contributed by atoms with Gasteiger partial charge in [-0.3, -0.25) is 4.79 Å². The Kier molecular flexibility index (Phi) is 3.74. The summed E-state index contributed by atoms with van der Waals surface area (Å²) in [6.07, 6.45) is 2.90. The molecule has 1 saturated carbocycles. The van der Waals surface area contributed by atoms with E-state index in [1.54, 1.807) is 11.3 Å². The van der Waals surface area contributed by atoms with Crippen molar-refractivity contribution in [3.63, 3.8) is 0 Å². The summed E-state index contributed by atoms with van der Waals surface area (Å²) in [5.74, 6) is 0.457. The maximum atomic E-state index is 10.9. The summed E-state index contributed by atoms with van der Waals surface area (Å²) in [5.41, 5.74) is 7.26. The maximum absolute atomic E-state index is 10.9. The number of carbonyl (C=O) groups is 1. The fourth-order valence-electron chi connectivity index (χ4n) is 2.42. The molecule has 1 amide bonds. The number of nitrogens with two attached hydrogens (primary N) is 1. The number of benzene rings is 1. The Labute approximate surface area is 122 Å². The smallest absolute Gasteiger partial charge is 0.221 e. The van der Waals surface area contributed by atoms with Crippen molar-refractivity contribution in [2.45, 2.75) is 25.3 Å². The summed E-state index contributed by atoms with van der Waals surface area (Å²) < 4.78 is 0. The van der Waals surface area contributed by atoms with Crippen molar-refractivity contribution < 1.29 is 4.79 Å². The fourth-order valence-corrected chi connectivity index (χ4v) is 3.29. The van der Waals surface area contributed by atoms with Gasteiger partial charge in [-0.25, -0.2) is 0 Å².